The van der Waals surface area contributed by atoms with E-state index in [0.29, 0.717) is 23.5 Å². The molecule has 0 atom stereocenters. The van der Waals surface area contributed by atoms with E-state index in [4.69, 9.17) is 4.74 Å². The maximum atomic E-state index is 12.8. The van der Waals surface area contributed by atoms with Crippen molar-refractivity contribution in [3.8, 4) is 5.75 Å². The number of methoxy groups -OCH3 is 1. The minimum Gasteiger partial charge on any atom is -0.497 e. The summed E-state index contributed by atoms with van der Waals surface area (Å²) >= 11 is 0. The third-order valence-corrected chi connectivity index (χ3v) is 6.71. The summed E-state index contributed by atoms with van der Waals surface area (Å²) in [5, 5.41) is 2.89. The summed E-state index contributed by atoms with van der Waals surface area (Å²) < 4.78 is 32.0. The largest absolute Gasteiger partial charge is 0.497 e. The van der Waals surface area contributed by atoms with Crippen LogP contribution in [-0.2, 0) is 16.6 Å². The molecule has 0 fully saturated rings. The number of hydrogen-bond acceptors (Lipinski definition) is 4. The molecule has 3 aromatic rings. The standard InChI is InChI=1S/C23H24N2O4S/c1-17-6-4-5-7-19(17)16-24-23(26)18-8-10-20(11-9-18)25(2)30(27,28)22-14-12-21(29-3)13-15-22/h4-15H,16H2,1-3H3,(H,24,26). The zero-order valence-electron chi connectivity index (χ0n) is 17.1. The van der Waals surface area contributed by atoms with Crippen molar-refractivity contribution in [1.29, 1.82) is 0 Å². The molecule has 0 aliphatic heterocycles. The van der Waals surface area contributed by atoms with Crippen LogP contribution in [-0.4, -0.2) is 28.5 Å². The van der Waals surface area contributed by atoms with Crippen LogP contribution in [0, 0.1) is 6.92 Å². The lowest BCUT2D eigenvalue weighted by Gasteiger charge is -2.20. The average Bonchev–Trinajstić information content (AvgIpc) is 2.78. The predicted octanol–water partition coefficient (Wildman–Crippen LogP) is 3.76. The Hall–Kier alpha value is -3.32. The van der Waals surface area contributed by atoms with Crippen LogP contribution in [0.3, 0.4) is 0 Å². The van der Waals surface area contributed by atoms with Crippen LogP contribution in [0.5, 0.6) is 5.75 Å². The molecule has 0 radical (unpaired) electrons. The Morgan fingerprint density at radius 3 is 2.20 bits per heavy atom. The van der Waals surface area contributed by atoms with E-state index >= 15 is 0 Å². The minimum absolute atomic E-state index is 0.158. The fraction of sp³-hybridized carbons (Fsp3) is 0.174. The van der Waals surface area contributed by atoms with Gasteiger partial charge in [-0.25, -0.2) is 8.42 Å². The number of carbonyl (C=O) groups excluding carboxylic acids is 1. The summed E-state index contributed by atoms with van der Waals surface area (Å²) in [4.78, 5) is 12.6. The molecule has 0 spiro atoms. The first-order valence-corrected chi connectivity index (χ1v) is 10.8. The maximum absolute atomic E-state index is 12.8. The van der Waals surface area contributed by atoms with Crippen molar-refractivity contribution in [3.05, 3.63) is 89.5 Å². The normalized spacial score (nSPS) is 11.0. The Labute approximate surface area is 177 Å². The number of sulfonamides is 1. The van der Waals surface area contributed by atoms with Crippen molar-refractivity contribution in [2.24, 2.45) is 0 Å². The zero-order valence-corrected chi connectivity index (χ0v) is 17.9. The van der Waals surface area contributed by atoms with Crippen LogP contribution in [0.25, 0.3) is 0 Å². The van der Waals surface area contributed by atoms with Crippen LogP contribution in [0.4, 0.5) is 5.69 Å². The second-order valence-electron chi connectivity index (χ2n) is 6.80. The monoisotopic (exact) mass is 424 g/mol. The van der Waals surface area contributed by atoms with Gasteiger partial charge in [-0.2, -0.15) is 0 Å². The molecule has 0 saturated heterocycles. The third kappa shape index (κ3) is 4.63. The fourth-order valence-electron chi connectivity index (χ4n) is 2.95. The van der Waals surface area contributed by atoms with Crippen molar-refractivity contribution in [2.75, 3.05) is 18.5 Å². The van der Waals surface area contributed by atoms with Gasteiger partial charge in [-0.05, 0) is 66.6 Å². The van der Waals surface area contributed by atoms with Crippen LogP contribution in [0.2, 0.25) is 0 Å². The van der Waals surface area contributed by atoms with Gasteiger partial charge in [0.05, 0.1) is 17.7 Å². The van der Waals surface area contributed by atoms with Crippen molar-refractivity contribution in [3.63, 3.8) is 0 Å². The first-order chi connectivity index (χ1) is 14.3. The Balaban J connectivity index is 1.70. The molecule has 1 amide bonds. The van der Waals surface area contributed by atoms with Gasteiger partial charge in [-0.3, -0.25) is 9.10 Å². The highest BCUT2D eigenvalue weighted by atomic mass is 32.2. The number of carbonyl (C=O) groups is 1. The van der Waals surface area contributed by atoms with Crippen LogP contribution >= 0.6 is 0 Å². The molecule has 0 aromatic heterocycles. The molecular weight excluding hydrogens is 400 g/mol. The highest BCUT2D eigenvalue weighted by Crippen LogP contribution is 2.24. The summed E-state index contributed by atoms with van der Waals surface area (Å²) in [5.41, 5.74) is 3.08. The minimum atomic E-state index is -3.72. The van der Waals surface area contributed by atoms with E-state index in [0.717, 1.165) is 11.1 Å². The Kier molecular flexibility index (Phi) is 6.42. The van der Waals surface area contributed by atoms with E-state index in [1.807, 2.05) is 31.2 Å². The lowest BCUT2D eigenvalue weighted by molar-refractivity contribution is 0.0951. The highest BCUT2D eigenvalue weighted by Gasteiger charge is 2.21. The number of ether oxygens (including phenoxy) is 1. The van der Waals surface area contributed by atoms with Crippen molar-refractivity contribution >= 4 is 21.6 Å². The number of aryl methyl sites for hydroxylation is 1. The third-order valence-electron chi connectivity index (χ3n) is 4.91. The molecule has 0 aliphatic rings. The van der Waals surface area contributed by atoms with Crippen molar-refractivity contribution in [1.82, 2.24) is 5.32 Å². The first-order valence-electron chi connectivity index (χ1n) is 9.38. The first kappa shape index (κ1) is 21.4. The number of amides is 1. The van der Waals surface area contributed by atoms with Gasteiger partial charge in [0.15, 0.2) is 0 Å². The van der Waals surface area contributed by atoms with E-state index in [9.17, 15) is 13.2 Å². The zero-order chi connectivity index (χ0) is 21.7. The summed E-state index contributed by atoms with van der Waals surface area (Å²) in [7, 11) is -0.723. The molecule has 1 N–H and O–H groups in total. The molecular formula is C23H24N2O4S. The van der Waals surface area contributed by atoms with E-state index in [1.165, 1.54) is 30.6 Å². The second-order valence-corrected chi connectivity index (χ2v) is 8.77. The molecule has 0 aliphatic carbocycles. The van der Waals surface area contributed by atoms with E-state index in [-0.39, 0.29) is 10.8 Å². The second kappa shape index (κ2) is 9.00. The van der Waals surface area contributed by atoms with Crippen LogP contribution in [0.15, 0.2) is 77.7 Å². The Morgan fingerprint density at radius 1 is 0.967 bits per heavy atom. The molecule has 0 saturated carbocycles. The smallest absolute Gasteiger partial charge is 0.264 e. The average molecular weight is 425 g/mol. The quantitative estimate of drug-likeness (QED) is 0.627. The molecule has 30 heavy (non-hydrogen) atoms. The molecule has 3 rings (SSSR count). The lowest BCUT2D eigenvalue weighted by Crippen LogP contribution is -2.27. The summed E-state index contributed by atoms with van der Waals surface area (Å²) in [5.74, 6) is 0.364. The van der Waals surface area contributed by atoms with Gasteiger partial charge in [0.25, 0.3) is 15.9 Å². The Morgan fingerprint density at radius 2 is 1.60 bits per heavy atom. The van der Waals surface area contributed by atoms with E-state index in [1.54, 1.807) is 36.4 Å². The number of hydrogen-bond donors (Lipinski definition) is 1. The van der Waals surface area contributed by atoms with Gasteiger partial charge >= 0.3 is 0 Å². The number of nitrogens with zero attached hydrogens (tertiary/aromatic N) is 1. The summed E-state index contributed by atoms with van der Waals surface area (Å²) in [6.45, 7) is 2.42. The van der Waals surface area contributed by atoms with Crippen LogP contribution < -0.4 is 14.4 Å². The molecule has 0 heterocycles. The van der Waals surface area contributed by atoms with Crippen molar-refractivity contribution in [2.45, 2.75) is 18.4 Å². The van der Waals surface area contributed by atoms with Gasteiger partial charge in [0.1, 0.15) is 5.75 Å². The summed E-state index contributed by atoms with van der Waals surface area (Å²) in [6.07, 6.45) is 0. The number of nitrogens with one attached hydrogen (secondary N) is 1. The SMILES string of the molecule is COc1ccc(S(=O)(=O)N(C)c2ccc(C(=O)NCc3ccccc3C)cc2)cc1. The van der Waals surface area contributed by atoms with Gasteiger partial charge in [-0.1, -0.05) is 24.3 Å². The molecule has 7 heteroatoms. The van der Waals surface area contributed by atoms with Gasteiger partial charge in [0, 0.05) is 19.2 Å². The lowest BCUT2D eigenvalue weighted by atomic mass is 10.1. The van der Waals surface area contributed by atoms with Gasteiger partial charge in [-0.15, -0.1) is 0 Å². The molecule has 156 valence electrons. The maximum Gasteiger partial charge on any atom is 0.264 e. The highest BCUT2D eigenvalue weighted by molar-refractivity contribution is 7.92. The van der Waals surface area contributed by atoms with Gasteiger partial charge in [0.2, 0.25) is 0 Å². The van der Waals surface area contributed by atoms with Crippen molar-refractivity contribution < 1.29 is 17.9 Å². The van der Waals surface area contributed by atoms with Crippen LogP contribution in [0.1, 0.15) is 21.5 Å². The predicted molar refractivity (Wildman–Crippen MR) is 117 cm³/mol. The molecule has 6 nitrogen and oxygen atoms in total. The number of benzene rings is 3. The number of rotatable bonds is 7. The van der Waals surface area contributed by atoms with E-state index < -0.39 is 10.0 Å². The summed E-state index contributed by atoms with van der Waals surface area (Å²) in [6, 6.07) is 20.5. The van der Waals surface area contributed by atoms with E-state index in [2.05, 4.69) is 5.32 Å². The van der Waals surface area contributed by atoms with Gasteiger partial charge < -0.3 is 10.1 Å². The molecule has 0 bridgehead atoms. The molecule has 0 unspecified atom stereocenters. The number of anilines is 1. The molecule has 3 aromatic carbocycles. The topological polar surface area (TPSA) is 75.7 Å². The fourth-order valence-corrected chi connectivity index (χ4v) is 4.15. The Bertz CT molecular complexity index is 1120.